The first-order chi connectivity index (χ1) is 11.4. The van der Waals surface area contributed by atoms with Gasteiger partial charge in [0.1, 0.15) is 5.75 Å². The van der Waals surface area contributed by atoms with E-state index >= 15 is 0 Å². The van der Waals surface area contributed by atoms with Crippen molar-refractivity contribution in [3.8, 4) is 5.75 Å². The van der Waals surface area contributed by atoms with Crippen molar-refractivity contribution >= 4 is 47.4 Å². The van der Waals surface area contributed by atoms with Crippen LogP contribution in [0.25, 0.3) is 0 Å². The minimum Gasteiger partial charge on any atom is -0.406 e. The van der Waals surface area contributed by atoms with E-state index in [-0.39, 0.29) is 35.7 Å². The standard InChI is InChI=1S/C16H16F3N3OS.HI/c17-16(18,19)23-13-8-6-12(7-9-13)22-15(20)21-10-11-24-14-4-2-1-3-5-14;/h1-9H,10-11H2,(H3,20,21,22);1H. The summed E-state index contributed by atoms with van der Waals surface area (Å²) in [5.74, 6) is 0.682. The zero-order chi connectivity index (χ0) is 17.4. The van der Waals surface area contributed by atoms with E-state index in [1.807, 2.05) is 30.3 Å². The molecule has 2 aromatic rings. The van der Waals surface area contributed by atoms with Crippen molar-refractivity contribution in [2.75, 3.05) is 17.6 Å². The molecule has 4 nitrogen and oxygen atoms in total. The lowest BCUT2D eigenvalue weighted by Gasteiger charge is -2.10. The molecule has 2 rings (SSSR count). The summed E-state index contributed by atoms with van der Waals surface area (Å²) in [6.07, 6.45) is -4.70. The largest absolute Gasteiger partial charge is 0.573 e. The number of nitrogens with two attached hydrogens (primary N) is 1. The number of aliphatic imine (C=N–C) groups is 1. The molecule has 0 heterocycles. The van der Waals surface area contributed by atoms with E-state index in [2.05, 4.69) is 15.0 Å². The number of alkyl halides is 3. The molecule has 0 aliphatic heterocycles. The summed E-state index contributed by atoms with van der Waals surface area (Å²) in [6, 6.07) is 15.2. The van der Waals surface area contributed by atoms with Gasteiger partial charge in [-0.25, -0.2) is 0 Å². The molecule has 0 aliphatic carbocycles. The van der Waals surface area contributed by atoms with Gasteiger partial charge in [-0.3, -0.25) is 4.99 Å². The highest BCUT2D eigenvalue weighted by molar-refractivity contribution is 14.0. The van der Waals surface area contributed by atoms with Gasteiger partial charge in [0.25, 0.3) is 0 Å². The summed E-state index contributed by atoms with van der Waals surface area (Å²) in [7, 11) is 0. The van der Waals surface area contributed by atoms with E-state index in [4.69, 9.17) is 5.73 Å². The Kier molecular flexibility index (Phi) is 8.90. The molecule has 2 aromatic carbocycles. The van der Waals surface area contributed by atoms with Crippen LogP contribution in [0.5, 0.6) is 5.75 Å². The van der Waals surface area contributed by atoms with Crippen LogP contribution in [0, 0.1) is 0 Å². The molecular formula is C16H17F3IN3OS. The first-order valence-corrected chi connectivity index (χ1v) is 8.01. The van der Waals surface area contributed by atoms with Gasteiger partial charge in [-0.15, -0.1) is 48.9 Å². The van der Waals surface area contributed by atoms with Gasteiger partial charge in [0, 0.05) is 16.3 Å². The highest BCUT2D eigenvalue weighted by Crippen LogP contribution is 2.23. The maximum Gasteiger partial charge on any atom is 0.573 e. The van der Waals surface area contributed by atoms with E-state index in [0.29, 0.717) is 12.2 Å². The average Bonchev–Trinajstić information content (AvgIpc) is 2.53. The van der Waals surface area contributed by atoms with E-state index in [0.717, 1.165) is 10.6 Å². The SMILES string of the molecule is I.NC(=NCCSc1ccccc1)Nc1ccc(OC(F)(F)F)cc1. The lowest BCUT2D eigenvalue weighted by Crippen LogP contribution is -2.23. The molecule has 0 aliphatic rings. The lowest BCUT2D eigenvalue weighted by atomic mass is 10.3. The number of ether oxygens (including phenoxy) is 1. The molecule has 0 amide bonds. The Balaban J connectivity index is 0.00000312. The second-order valence-electron chi connectivity index (χ2n) is 4.63. The Morgan fingerprint density at radius 3 is 2.32 bits per heavy atom. The Hall–Kier alpha value is -1.62. The fraction of sp³-hybridized carbons (Fsp3) is 0.188. The van der Waals surface area contributed by atoms with Gasteiger partial charge in [0.05, 0.1) is 6.54 Å². The second-order valence-corrected chi connectivity index (χ2v) is 5.79. The number of halogens is 4. The van der Waals surface area contributed by atoms with Crippen molar-refractivity contribution in [3.63, 3.8) is 0 Å². The van der Waals surface area contributed by atoms with Crippen LogP contribution in [0.15, 0.2) is 64.5 Å². The van der Waals surface area contributed by atoms with Crippen LogP contribution in [0.2, 0.25) is 0 Å². The zero-order valence-corrected chi connectivity index (χ0v) is 16.1. The minimum atomic E-state index is -4.70. The smallest absolute Gasteiger partial charge is 0.406 e. The summed E-state index contributed by atoms with van der Waals surface area (Å²) >= 11 is 1.66. The number of anilines is 1. The van der Waals surface area contributed by atoms with Crippen molar-refractivity contribution in [1.29, 1.82) is 0 Å². The summed E-state index contributed by atoms with van der Waals surface area (Å²) in [4.78, 5) is 5.32. The molecule has 0 saturated heterocycles. The quantitative estimate of drug-likeness (QED) is 0.205. The maximum absolute atomic E-state index is 12.1. The summed E-state index contributed by atoms with van der Waals surface area (Å²) in [6.45, 7) is 0.521. The topological polar surface area (TPSA) is 59.6 Å². The minimum absolute atomic E-state index is 0. The Labute approximate surface area is 165 Å². The third-order valence-corrected chi connectivity index (χ3v) is 3.74. The van der Waals surface area contributed by atoms with Crippen molar-refractivity contribution in [2.24, 2.45) is 10.7 Å². The molecule has 0 radical (unpaired) electrons. The van der Waals surface area contributed by atoms with Crippen molar-refractivity contribution < 1.29 is 17.9 Å². The molecule has 0 fully saturated rings. The average molecular weight is 483 g/mol. The normalized spacial score (nSPS) is 11.6. The number of hydrogen-bond acceptors (Lipinski definition) is 3. The molecule has 25 heavy (non-hydrogen) atoms. The van der Waals surface area contributed by atoms with Crippen LogP contribution in [0.4, 0.5) is 18.9 Å². The van der Waals surface area contributed by atoms with Gasteiger partial charge in [-0.05, 0) is 36.4 Å². The molecule has 0 saturated carbocycles. The van der Waals surface area contributed by atoms with Crippen molar-refractivity contribution in [2.45, 2.75) is 11.3 Å². The zero-order valence-electron chi connectivity index (χ0n) is 13.0. The van der Waals surface area contributed by atoms with Crippen LogP contribution in [0.1, 0.15) is 0 Å². The van der Waals surface area contributed by atoms with Crippen molar-refractivity contribution in [1.82, 2.24) is 0 Å². The third-order valence-electron chi connectivity index (χ3n) is 2.75. The molecule has 0 aromatic heterocycles. The van der Waals surface area contributed by atoms with Gasteiger partial charge < -0.3 is 15.8 Å². The predicted octanol–water partition coefficient (Wildman–Crippen LogP) is 4.72. The molecule has 9 heteroatoms. The fourth-order valence-electron chi connectivity index (χ4n) is 1.77. The molecule has 3 N–H and O–H groups in total. The van der Waals surface area contributed by atoms with Crippen LogP contribution in [-0.4, -0.2) is 24.6 Å². The third kappa shape index (κ3) is 8.87. The first kappa shape index (κ1) is 21.4. The summed E-state index contributed by atoms with van der Waals surface area (Å²) < 4.78 is 40.0. The molecule has 0 bridgehead atoms. The number of nitrogens with zero attached hydrogens (tertiary/aromatic N) is 1. The Morgan fingerprint density at radius 1 is 1.08 bits per heavy atom. The number of rotatable bonds is 6. The van der Waals surface area contributed by atoms with E-state index in [1.165, 1.54) is 24.3 Å². The van der Waals surface area contributed by atoms with E-state index in [9.17, 15) is 13.2 Å². The lowest BCUT2D eigenvalue weighted by molar-refractivity contribution is -0.274. The number of guanidine groups is 1. The predicted molar refractivity (Wildman–Crippen MR) is 106 cm³/mol. The number of nitrogens with one attached hydrogen (secondary N) is 1. The van der Waals surface area contributed by atoms with Gasteiger partial charge in [-0.2, -0.15) is 0 Å². The van der Waals surface area contributed by atoms with Gasteiger partial charge >= 0.3 is 6.36 Å². The van der Waals surface area contributed by atoms with E-state index < -0.39 is 6.36 Å². The number of thioether (sulfide) groups is 1. The monoisotopic (exact) mass is 483 g/mol. The Bertz CT molecular complexity index is 667. The molecule has 0 atom stereocenters. The highest BCUT2D eigenvalue weighted by atomic mass is 127. The van der Waals surface area contributed by atoms with E-state index in [1.54, 1.807) is 11.8 Å². The van der Waals surface area contributed by atoms with Crippen LogP contribution in [0.3, 0.4) is 0 Å². The summed E-state index contributed by atoms with van der Waals surface area (Å²) in [5, 5.41) is 2.81. The number of hydrogen-bond donors (Lipinski definition) is 2. The maximum atomic E-state index is 12.1. The van der Waals surface area contributed by atoms with Crippen LogP contribution >= 0.6 is 35.7 Å². The highest BCUT2D eigenvalue weighted by Gasteiger charge is 2.30. The number of benzene rings is 2. The van der Waals surface area contributed by atoms with Gasteiger partial charge in [-0.1, -0.05) is 18.2 Å². The van der Waals surface area contributed by atoms with Crippen molar-refractivity contribution in [3.05, 3.63) is 54.6 Å². The Morgan fingerprint density at radius 2 is 1.72 bits per heavy atom. The van der Waals surface area contributed by atoms with Gasteiger partial charge in [0.2, 0.25) is 0 Å². The second kappa shape index (κ2) is 10.4. The molecule has 0 unspecified atom stereocenters. The summed E-state index contributed by atoms with van der Waals surface area (Å²) in [5.41, 5.74) is 6.27. The fourth-order valence-corrected chi connectivity index (χ4v) is 2.54. The van der Waals surface area contributed by atoms with Crippen LogP contribution < -0.4 is 15.8 Å². The molecule has 0 spiro atoms. The molecular weight excluding hydrogens is 466 g/mol. The first-order valence-electron chi connectivity index (χ1n) is 7.03. The molecule has 136 valence electrons. The van der Waals surface area contributed by atoms with Gasteiger partial charge in [0.15, 0.2) is 5.96 Å². The van der Waals surface area contributed by atoms with Crippen LogP contribution in [-0.2, 0) is 0 Å².